The van der Waals surface area contributed by atoms with Crippen molar-refractivity contribution in [3.05, 3.63) is 40.5 Å². The molecule has 1 aromatic rings. The largest absolute Gasteiger partial charge is 0.481 e. The SMILES string of the molecule is Cc1cc(C(C)C(=O)O)cc2c1CC=C2. The highest BCUT2D eigenvalue weighted by molar-refractivity contribution is 5.76. The Morgan fingerprint density at radius 1 is 1.47 bits per heavy atom. The standard InChI is InChI=1S/C13H14O2/c1-8-6-11(9(2)13(14)15)7-10-4-3-5-12(8)10/h3-4,6-7,9H,5H2,1-2H3,(H,14,15). The van der Waals surface area contributed by atoms with Gasteiger partial charge in [-0.15, -0.1) is 0 Å². The summed E-state index contributed by atoms with van der Waals surface area (Å²) < 4.78 is 0. The minimum atomic E-state index is -0.767. The Hall–Kier alpha value is -1.57. The first kappa shape index (κ1) is 9.97. The molecular weight excluding hydrogens is 188 g/mol. The van der Waals surface area contributed by atoms with Crippen molar-refractivity contribution in [3.63, 3.8) is 0 Å². The molecule has 1 aliphatic rings. The Morgan fingerprint density at radius 3 is 2.87 bits per heavy atom. The van der Waals surface area contributed by atoms with Gasteiger partial charge in [-0.05, 0) is 42.5 Å². The average Bonchev–Trinajstić information content (AvgIpc) is 2.64. The number of carbonyl (C=O) groups is 1. The van der Waals surface area contributed by atoms with Crippen LogP contribution < -0.4 is 0 Å². The van der Waals surface area contributed by atoms with Crippen LogP contribution in [-0.2, 0) is 11.2 Å². The molecule has 0 heterocycles. The molecule has 0 fully saturated rings. The smallest absolute Gasteiger partial charge is 0.310 e. The maximum Gasteiger partial charge on any atom is 0.310 e. The zero-order chi connectivity index (χ0) is 11.0. The summed E-state index contributed by atoms with van der Waals surface area (Å²) in [4.78, 5) is 10.9. The van der Waals surface area contributed by atoms with Crippen LogP contribution in [0.1, 0.15) is 35.1 Å². The van der Waals surface area contributed by atoms with Gasteiger partial charge in [-0.2, -0.15) is 0 Å². The van der Waals surface area contributed by atoms with Crippen molar-refractivity contribution in [2.45, 2.75) is 26.2 Å². The lowest BCUT2D eigenvalue weighted by Gasteiger charge is -2.11. The van der Waals surface area contributed by atoms with E-state index in [2.05, 4.69) is 12.2 Å². The van der Waals surface area contributed by atoms with Crippen LogP contribution in [0.25, 0.3) is 6.08 Å². The maximum absolute atomic E-state index is 10.9. The second-order valence-electron chi connectivity index (χ2n) is 4.07. The van der Waals surface area contributed by atoms with Crippen LogP contribution >= 0.6 is 0 Å². The van der Waals surface area contributed by atoms with Crippen molar-refractivity contribution in [2.24, 2.45) is 0 Å². The quantitative estimate of drug-likeness (QED) is 0.800. The van der Waals surface area contributed by atoms with Crippen LogP contribution in [0.2, 0.25) is 0 Å². The molecule has 0 saturated heterocycles. The molecule has 0 aromatic heterocycles. The lowest BCUT2D eigenvalue weighted by atomic mass is 9.94. The van der Waals surface area contributed by atoms with Crippen LogP contribution in [0, 0.1) is 6.92 Å². The van der Waals surface area contributed by atoms with E-state index >= 15 is 0 Å². The molecule has 1 atom stereocenters. The molecule has 0 spiro atoms. The van der Waals surface area contributed by atoms with Crippen molar-refractivity contribution in [1.82, 2.24) is 0 Å². The van der Waals surface area contributed by atoms with Crippen LogP contribution in [0.15, 0.2) is 18.2 Å². The van der Waals surface area contributed by atoms with Crippen LogP contribution in [0.5, 0.6) is 0 Å². The fraction of sp³-hybridized carbons (Fsp3) is 0.308. The summed E-state index contributed by atoms with van der Waals surface area (Å²) in [6, 6.07) is 3.98. The van der Waals surface area contributed by atoms with Gasteiger partial charge in [-0.25, -0.2) is 0 Å². The molecule has 0 bridgehead atoms. The summed E-state index contributed by atoms with van der Waals surface area (Å²) in [6.45, 7) is 3.77. The molecule has 0 aliphatic heterocycles. The van der Waals surface area contributed by atoms with Gasteiger partial charge in [0, 0.05) is 0 Å². The van der Waals surface area contributed by atoms with Crippen molar-refractivity contribution in [1.29, 1.82) is 0 Å². The summed E-state index contributed by atoms with van der Waals surface area (Å²) in [5.41, 5.74) is 4.60. The molecule has 1 unspecified atom stereocenters. The Morgan fingerprint density at radius 2 is 2.20 bits per heavy atom. The lowest BCUT2D eigenvalue weighted by molar-refractivity contribution is -0.138. The van der Waals surface area contributed by atoms with Crippen LogP contribution in [0.4, 0.5) is 0 Å². The van der Waals surface area contributed by atoms with Gasteiger partial charge in [0.25, 0.3) is 0 Å². The first-order valence-corrected chi connectivity index (χ1v) is 5.12. The number of carboxylic acids is 1. The van der Waals surface area contributed by atoms with Crippen molar-refractivity contribution in [3.8, 4) is 0 Å². The van der Waals surface area contributed by atoms with E-state index in [1.165, 1.54) is 16.7 Å². The molecule has 0 amide bonds. The molecule has 1 aromatic carbocycles. The van der Waals surface area contributed by atoms with E-state index in [4.69, 9.17) is 5.11 Å². The molecule has 2 heteroatoms. The normalized spacial score (nSPS) is 15.1. The first-order chi connectivity index (χ1) is 7.09. The number of fused-ring (bicyclic) bond motifs is 1. The van der Waals surface area contributed by atoms with Crippen molar-refractivity contribution in [2.75, 3.05) is 0 Å². The molecule has 0 saturated carbocycles. The summed E-state index contributed by atoms with van der Waals surface area (Å²) >= 11 is 0. The molecule has 1 N–H and O–H groups in total. The van der Waals surface area contributed by atoms with E-state index in [0.29, 0.717) is 0 Å². The fourth-order valence-corrected chi connectivity index (χ4v) is 2.00. The average molecular weight is 202 g/mol. The highest BCUT2D eigenvalue weighted by atomic mass is 16.4. The summed E-state index contributed by atoms with van der Waals surface area (Å²) in [7, 11) is 0. The van der Waals surface area contributed by atoms with Crippen molar-refractivity contribution < 1.29 is 9.90 Å². The number of hydrogen-bond acceptors (Lipinski definition) is 1. The lowest BCUT2D eigenvalue weighted by Crippen LogP contribution is -2.08. The van der Waals surface area contributed by atoms with Gasteiger partial charge in [-0.1, -0.05) is 24.3 Å². The number of benzene rings is 1. The second kappa shape index (κ2) is 3.54. The van der Waals surface area contributed by atoms with Gasteiger partial charge < -0.3 is 5.11 Å². The molecular formula is C13H14O2. The number of hydrogen-bond donors (Lipinski definition) is 1. The van der Waals surface area contributed by atoms with Crippen molar-refractivity contribution >= 4 is 12.0 Å². The molecule has 2 rings (SSSR count). The monoisotopic (exact) mass is 202 g/mol. The molecule has 0 radical (unpaired) electrons. The Bertz CT molecular complexity index is 444. The van der Waals surface area contributed by atoms with E-state index in [9.17, 15) is 4.79 Å². The number of allylic oxidation sites excluding steroid dienone is 1. The predicted octanol–water partition coefficient (Wildman–Crippen LogP) is 2.75. The highest BCUT2D eigenvalue weighted by Crippen LogP contribution is 2.28. The van der Waals surface area contributed by atoms with Gasteiger partial charge in [-0.3, -0.25) is 4.79 Å². The molecule has 1 aliphatic carbocycles. The molecule has 78 valence electrons. The maximum atomic E-state index is 10.9. The fourth-order valence-electron chi connectivity index (χ4n) is 2.00. The summed E-state index contributed by atoms with van der Waals surface area (Å²) in [5, 5.41) is 8.96. The summed E-state index contributed by atoms with van der Waals surface area (Å²) in [6.07, 6.45) is 5.16. The minimum absolute atomic E-state index is 0.428. The first-order valence-electron chi connectivity index (χ1n) is 5.12. The highest BCUT2D eigenvalue weighted by Gasteiger charge is 2.17. The third-order valence-corrected chi connectivity index (χ3v) is 3.02. The van der Waals surface area contributed by atoms with E-state index in [-0.39, 0.29) is 0 Å². The Labute approximate surface area is 89.2 Å². The second-order valence-corrected chi connectivity index (χ2v) is 4.07. The van der Waals surface area contributed by atoms with Gasteiger partial charge in [0.15, 0.2) is 0 Å². The van der Waals surface area contributed by atoms with Crippen LogP contribution in [-0.4, -0.2) is 11.1 Å². The van der Waals surface area contributed by atoms with Gasteiger partial charge in [0.2, 0.25) is 0 Å². The van der Waals surface area contributed by atoms with Gasteiger partial charge >= 0.3 is 5.97 Å². The number of aliphatic carboxylic acids is 1. The zero-order valence-corrected chi connectivity index (χ0v) is 8.95. The van der Waals surface area contributed by atoms with E-state index in [0.717, 1.165) is 12.0 Å². The Balaban J connectivity index is 2.47. The molecule has 15 heavy (non-hydrogen) atoms. The van der Waals surface area contributed by atoms with E-state index < -0.39 is 11.9 Å². The Kier molecular flexibility index (Phi) is 2.35. The third kappa shape index (κ3) is 1.67. The van der Waals surface area contributed by atoms with E-state index in [1.54, 1.807) is 6.92 Å². The van der Waals surface area contributed by atoms with Gasteiger partial charge in [0.1, 0.15) is 0 Å². The molecule has 2 nitrogen and oxygen atoms in total. The van der Waals surface area contributed by atoms with Crippen LogP contribution in [0.3, 0.4) is 0 Å². The van der Waals surface area contributed by atoms with Gasteiger partial charge in [0.05, 0.1) is 5.92 Å². The number of aryl methyl sites for hydroxylation is 1. The van der Waals surface area contributed by atoms with E-state index in [1.807, 2.05) is 19.1 Å². The minimum Gasteiger partial charge on any atom is -0.481 e. The topological polar surface area (TPSA) is 37.3 Å². The number of rotatable bonds is 2. The zero-order valence-electron chi connectivity index (χ0n) is 8.95. The number of carboxylic acid groups (broad SMARTS) is 1. The predicted molar refractivity (Wildman–Crippen MR) is 60.0 cm³/mol. The third-order valence-electron chi connectivity index (χ3n) is 3.02. The summed E-state index contributed by atoms with van der Waals surface area (Å²) in [5.74, 6) is -1.20.